The molecule has 7 heteroatoms. The van der Waals surface area contributed by atoms with E-state index < -0.39 is 5.97 Å². The van der Waals surface area contributed by atoms with Crippen LogP contribution in [0.5, 0.6) is 0 Å². The second-order valence-corrected chi connectivity index (χ2v) is 4.85. The summed E-state index contributed by atoms with van der Waals surface area (Å²) in [5, 5.41) is 9.15. The molecule has 2 aromatic rings. The number of pyridine rings is 1. The van der Waals surface area contributed by atoms with Crippen LogP contribution in [-0.2, 0) is 11.3 Å². The van der Waals surface area contributed by atoms with Crippen molar-refractivity contribution in [2.75, 3.05) is 5.73 Å². The van der Waals surface area contributed by atoms with Gasteiger partial charge in [0.1, 0.15) is 18.4 Å². The van der Waals surface area contributed by atoms with Crippen molar-refractivity contribution in [3.63, 3.8) is 0 Å². The lowest BCUT2D eigenvalue weighted by Crippen LogP contribution is -2.08. The number of esters is 1. The summed E-state index contributed by atoms with van der Waals surface area (Å²) in [5.74, 6) is -0.679. The molecule has 21 heavy (non-hydrogen) atoms. The van der Waals surface area contributed by atoms with Crippen molar-refractivity contribution >= 4 is 34.9 Å². The number of nitriles is 1. The van der Waals surface area contributed by atoms with E-state index in [1.165, 1.54) is 18.3 Å². The fourth-order valence-corrected chi connectivity index (χ4v) is 2.05. The van der Waals surface area contributed by atoms with Gasteiger partial charge in [0.15, 0.2) is 0 Å². The van der Waals surface area contributed by atoms with Crippen molar-refractivity contribution in [3.05, 3.63) is 57.3 Å². The van der Waals surface area contributed by atoms with E-state index in [4.69, 9.17) is 38.9 Å². The maximum absolute atomic E-state index is 12.0. The number of anilines is 1. The first-order chi connectivity index (χ1) is 10.0. The number of nitrogens with zero attached hydrogens (tertiary/aromatic N) is 2. The summed E-state index contributed by atoms with van der Waals surface area (Å²) < 4.78 is 5.12. The fraction of sp³-hybridized carbons (Fsp3) is 0.0714. The van der Waals surface area contributed by atoms with Crippen LogP contribution in [0.4, 0.5) is 5.69 Å². The number of hydrogen-bond acceptors (Lipinski definition) is 5. The van der Waals surface area contributed by atoms with Gasteiger partial charge in [-0.2, -0.15) is 5.26 Å². The van der Waals surface area contributed by atoms with Crippen molar-refractivity contribution in [3.8, 4) is 6.07 Å². The Labute approximate surface area is 130 Å². The maximum Gasteiger partial charge on any atom is 0.340 e. The summed E-state index contributed by atoms with van der Waals surface area (Å²) in [6, 6.07) is 8.03. The van der Waals surface area contributed by atoms with Crippen LogP contribution in [0.2, 0.25) is 10.0 Å². The molecule has 2 rings (SSSR count). The Hall–Kier alpha value is -2.29. The lowest BCUT2D eigenvalue weighted by molar-refractivity contribution is 0.0472. The molecule has 0 unspecified atom stereocenters. The lowest BCUT2D eigenvalue weighted by Gasteiger charge is -2.09. The molecular formula is C14H9Cl2N3O2. The largest absolute Gasteiger partial charge is 0.457 e. The van der Waals surface area contributed by atoms with Gasteiger partial charge in [0.2, 0.25) is 0 Å². The van der Waals surface area contributed by atoms with E-state index in [2.05, 4.69) is 4.98 Å². The molecule has 0 aliphatic heterocycles. The minimum atomic E-state index is -0.679. The fourth-order valence-electron chi connectivity index (χ4n) is 1.64. The van der Waals surface area contributed by atoms with Gasteiger partial charge in [-0.3, -0.25) is 0 Å². The van der Waals surface area contributed by atoms with Crippen molar-refractivity contribution in [2.45, 2.75) is 6.61 Å². The molecule has 0 saturated heterocycles. The number of hydrogen-bond donors (Lipinski definition) is 1. The highest BCUT2D eigenvalue weighted by Gasteiger charge is 2.16. The van der Waals surface area contributed by atoms with Crippen LogP contribution in [0.3, 0.4) is 0 Å². The number of ether oxygens (including phenoxy) is 1. The number of nitrogen functional groups attached to an aromatic ring is 1. The molecule has 0 spiro atoms. The quantitative estimate of drug-likeness (QED) is 0.692. The number of aromatic nitrogens is 1. The van der Waals surface area contributed by atoms with Crippen LogP contribution in [0.25, 0.3) is 0 Å². The van der Waals surface area contributed by atoms with Gasteiger partial charge in [-0.15, -0.1) is 0 Å². The smallest absolute Gasteiger partial charge is 0.340 e. The van der Waals surface area contributed by atoms with E-state index in [9.17, 15) is 4.79 Å². The minimum Gasteiger partial charge on any atom is -0.457 e. The second-order valence-electron chi connectivity index (χ2n) is 4.06. The molecule has 1 aromatic carbocycles. The van der Waals surface area contributed by atoms with E-state index in [-0.39, 0.29) is 27.9 Å². The Balaban J connectivity index is 2.18. The van der Waals surface area contributed by atoms with Crippen LogP contribution < -0.4 is 5.73 Å². The van der Waals surface area contributed by atoms with Crippen LogP contribution in [0.15, 0.2) is 30.5 Å². The molecule has 0 aliphatic rings. The Morgan fingerprint density at radius 2 is 2.19 bits per heavy atom. The van der Waals surface area contributed by atoms with Gasteiger partial charge >= 0.3 is 5.97 Å². The van der Waals surface area contributed by atoms with Gasteiger partial charge in [0, 0.05) is 17.4 Å². The average Bonchev–Trinajstić information content (AvgIpc) is 2.48. The summed E-state index contributed by atoms with van der Waals surface area (Å²) in [5.41, 5.74) is 6.69. The van der Waals surface area contributed by atoms with E-state index in [1.54, 1.807) is 12.1 Å². The molecule has 0 saturated carbocycles. The number of carbonyl (C=O) groups excluding carboxylic acids is 1. The zero-order valence-corrected chi connectivity index (χ0v) is 12.1. The normalized spacial score (nSPS) is 9.95. The highest BCUT2D eigenvalue weighted by molar-refractivity contribution is 6.44. The number of carbonyl (C=O) groups is 1. The molecule has 1 aromatic heterocycles. The topological polar surface area (TPSA) is 89.0 Å². The molecule has 0 amide bonds. The predicted molar refractivity (Wildman–Crippen MR) is 78.9 cm³/mol. The average molecular weight is 322 g/mol. The summed E-state index contributed by atoms with van der Waals surface area (Å²) in [6.45, 7) is -0.0989. The first-order valence-corrected chi connectivity index (χ1v) is 6.54. The highest BCUT2D eigenvalue weighted by Crippen LogP contribution is 2.29. The van der Waals surface area contributed by atoms with Gasteiger partial charge < -0.3 is 10.5 Å². The van der Waals surface area contributed by atoms with Crippen molar-refractivity contribution in [1.29, 1.82) is 5.26 Å². The molecule has 0 atom stereocenters. The van der Waals surface area contributed by atoms with Crippen LogP contribution in [0, 0.1) is 11.3 Å². The second kappa shape index (κ2) is 6.44. The molecule has 0 bridgehead atoms. The number of nitrogens with two attached hydrogens (primary N) is 1. The third-order valence-corrected chi connectivity index (χ3v) is 3.43. The lowest BCUT2D eigenvalue weighted by atomic mass is 10.2. The zero-order valence-electron chi connectivity index (χ0n) is 10.6. The van der Waals surface area contributed by atoms with E-state index >= 15 is 0 Å². The monoisotopic (exact) mass is 321 g/mol. The highest BCUT2D eigenvalue weighted by atomic mass is 35.5. The summed E-state index contributed by atoms with van der Waals surface area (Å²) in [7, 11) is 0. The van der Waals surface area contributed by atoms with Crippen molar-refractivity contribution < 1.29 is 9.53 Å². The molecule has 5 nitrogen and oxygen atoms in total. The van der Waals surface area contributed by atoms with Crippen LogP contribution in [0.1, 0.15) is 21.6 Å². The Kier molecular flexibility index (Phi) is 4.63. The van der Waals surface area contributed by atoms with Crippen LogP contribution in [-0.4, -0.2) is 11.0 Å². The van der Waals surface area contributed by atoms with Gasteiger partial charge in [-0.05, 0) is 18.2 Å². The zero-order chi connectivity index (χ0) is 15.4. The summed E-state index contributed by atoms with van der Waals surface area (Å²) in [6.07, 6.45) is 1.48. The Morgan fingerprint density at radius 3 is 2.90 bits per heavy atom. The third kappa shape index (κ3) is 3.43. The first-order valence-electron chi connectivity index (χ1n) is 5.78. The minimum absolute atomic E-state index is 0.0718. The SMILES string of the molecule is N#Cc1ncccc1COC(=O)c1cc(N)cc(Cl)c1Cl. The molecule has 0 aliphatic carbocycles. The van der Waals surface area contributed by atoms with E-state index in [0.29, 0.717) is 11.3 Å². The number of benzene rings is 1. The molecule has 2 N–H and O–H groups in total. The first kappa shape index (κ1) is 15.1. The van der Waals surface area contributed by atoms with Gasteiger partial charge in [0.05, 0.1) is 15.6 Å². The third-order valence-electron chi connectivity index (χ3n) is 2.63. The van der Waals surface area contributed by atoms with Gasteiger partial charge in [0.25, 0.3) is 0 Å². The predicted octanol–water partition coefficient (Wildman–Crippen LogP) is 3.20. The number of halogens is 2. The molecule has 1 heterocycles. The van der Waals surface area contributed by atoms with Crippen molar-refractivity contribution in [1.82, 2.24) is 4.98 Å². The Bertz CT molecular complexity index is 741. The maximum atomic E-state index is 12.0. The molecule has 106 valence electrons. The van der Waals surface area contributed by atoms with Crippen molar-refractivity contribution in [2.24, 2.45) is 0 Å². The van der Waals surface area contributed by atoms with Gasteiger partial charge in [-0.1, -0.05) is 29.3 Å². The summed E-state index contributed by atoms with van der Waals surface area (Å²) in [4.78, 5) is 15.9. The Morgan fingerprint density at radius 1 is 1.43 bits per heavy atom. The van der Waals surface area contributed by atoms with Gasteiger partial charge in [-0.25, -0.2) is 9.78 Å². The molecular weight excluding hydrogens is 313 g/mol. The summed E-state index contributed by atoms with van der Waals surface area (Å²) >= 11 is 11.8. The van der Waals surface area contributed by atoms with E-state index in [1.807, 2.05) is 6.07 Å². The molecule has 0 radical (unpaired) electrons. The van der Waals surface area contributed by atoms with E-state index in [0.717, 1.165) is 0 Å². The molecule has 0 fully saturated rings. The standard InChI is InChI=1S/C14H9Cl2N3O2/c15-11-5-9(18)4-10(13(11)16)14(20)21-7-8-2-1-3-19-12(8)6-17/h1-5H,7,18H2. The number of rotatable bonds is 3. The van der Waals surface area contributed by atoms with Crippen LogP contribution >= 0.6 is 23.2 Å².